The fourth-order valence-electron chi connectivity index (χ4n) is 2.10. The van der Waals surface area contributed by atoms with E-state index in [2.05, 4.69) is 29.5 Å². The van der Waals surface area contributed by atoms with Crippen LogP contribution in [0.2, 0.25) is 0 Å². The first-order chi connectivity index (χ1) is 10.1. The van der Waals surface area contributed by atoms with E-state index in [1.54, 1.807) is 19.2 Å². The van der Waals surface area contributed by atoms with Crippen LogP contribution < -0.4 is 10.6 Å². The van der Waals surface area contributed by atoms with E-state index in [1.807, 2.05) is 12.1 Å². The Balaban J connectivity index is 0.00000441. The molecule has 3 N–H and O–H groups in total. The Morgan fingerprint density at radius 2 is 1.68 bits per heavy atom. The molecule has 1 rings (SSSR count). The number of benzene rings is 1. The van der Waals surface area contributed by atoms with E-state index >= 15 is 0 Å². The third-order valence-corrected chi connectivity index (χ3v) is 3.35. The summed E-state index contributed by atoms with van der Waals surface area (Å²) >= 11 is 0. The average Bonchev–Trinajstić information content (AvgIpc) is 2.47. The molecular weight excluding hydrogens is 389 g/mol. The minimum Gasteiger partial charge on any atom is -0.508 e. The van der Waals surface area contributed by atoms with Gasteiger partial charge in [-0.05, 0) is 49.3 Å². The summed E-state index contributed by atoms with van der Waals surface area (Å²) in [7, 11) is 1.80. The van der Waals surface area contributed by atoms with Gasteiger partial charge in [-0.25, -0.2) is 0 Å². The maximum atomic E-state index is 9.23. The number of phenols is 1. The van der Waals surface area contributed by atoms with E-state index in [4.69, 9.17) is 0 Å². The molecule has 0 unspecified atom stereocenters. The molecule has 1 aromatic rings. The van der Waals surface area contributed by atoms with Crippen LogP contribution in [0.15, 0.2) is 29.3 Å². The predicted molar refractivity (Wildman–Crippen MR) is 105 cm³/mol. The number of phenolic OH excluding ortho intramolecular Hbond substituents is 1. The number of hydrogen-bond donors (Lipinski definition) is 3. The molecule has 0 radical (unpaired) electrons. The molecule has 0 bridgehead atoms. The molecule has 4 nitrogen and oxygen atoms in total. The number of rotatable bonds is 8. The van der Waals surface area contributed by atoms with Crippen molar-refractivity contribution in [3.63, 3.8) is 0 Å². The van der Waals surface area contributed by atoms with Crippen LogP contribution in [0.4, 0.5) is 0 Å². The molecule has 0 fully saturated rings. The summed E-state index contributed by atoms with van der Waals surface area (Å²) in [4.78, 5) is 4.22. The molecule has 0 aromatic heterocycles. The van der Waals surface area contributed by atoms with Crippen LogP contribution in [0.5, 0.6) is 5.75 Å². The Morgan fingerprint density at radius 3 is 2.23 bits per heavy atom. The molecule has 0 saturated heterocycles. The van der Waals surface area contributed by atoms with Crippen LogP contribution in [-0.2, 0) is 6.42 Å². The molecule has 0 atom stereocenters. The van der Waals surface area contributed by atoms with E-state index in [0.29, 0.717) is 5.75 Å². The van der Waals surface area contributed by atoms with Gasteiger partial charge in [0.2, 0.25) is 0 Å². The van der Waals surface area contributed by atoms with Gasteiger partial charge in [-0.1, -0.05) is 26.0 Å². The Morgan fingerprint density at radius 1 is 1.09 bits per heavy atom. The fraction of sp³-hybridized carbons (Fsp3) is 0.588. The van der Waals surface area contributed by atoms with E-state index in [0.717, 1.165) is 37.8 Å². The smallest absolute Gasteiger partial charge is 0.190 e. The summed E-state index contributed by atoms with van der Waals surface area (Å²) in [5, 5.41) is 15.9. The number of aliphatic imine (C=N–C) groups is 1. The first kappa shape index (κ1) is 21.0. The van der Waals surface area contributed by atoms with Gasteiger partial charge in [-0.15, -0.1) is 24.0 Å². The summed E-state index contributed by atoms with van der Waals surface area (Å²) in [6.07, 6.45) is 4.45. The largest absolute Gasteiger partial charge is 0.508 e. The number of guanidine groups is 1. The number of nitrogens with zero attached hydrogens (tertiary/aromatic N) is 1. The number of aryl methyl sites for hydroxylation is 1. The lowest BCUT2D eigenvalue weighted by Gasteiger charge is -2.12. The number of hydrogen-bond acceptors (Lipinski definition) is 2. The molecule has 5 heteroatoms. The van der Waals surface area contributed by atoms with Crippen LogP contribution in [0.3, 0.4) is 0 Å². The lowest BCUT2D eigenvalue weighted by atomic mass is 10.1. The zero-order chi connectivity index (χ0) is 15.5. The average molecular weight is 419 g/mol. The Kier molecular flexibility index (Phi) is 12.0. The van der Waals surface area contributed by atoms with Gasteiger partial charge in [-0.2, -0.15) is 0 Å². The number of nitrogens with one attached hydrogen (secondary N) is 2. The van der Waals surface area contributed by atoms with Crippen molar-refractivity contribution in [1.29, 1.82) is 0 Å². The topological polar surface area (TPSA) is 56.7 Å². The zero-order valence-electron chi connectivity index (χ0n) is 13.9. The molecule has 0 aliphatic carbocycles. The molecule has 126 valence electrons. The van der Waals surface area contributed by atoms with Gasteiger partial charge in [0.25, 0.3) is 0 Å². The Hall–Kier alpha value is -0.980. The highest BCUT2D eigenvalue weighted by Gasteiger charge is 1.99. The molecular formula is C17H30IN3O. The normalized spacial score (nSPS) is 11.2. The van der Waals surface area contributed by atoms with Gasteiger partial charge >= 0.3 is 0 Å². The Labute approximate surface area is 151 Å². The van der Waals surface area contributed by atoms with Crippen LogP contribution >= 0.6 is 24.0 Å². The van der Waals surface area contributed by atoms with Crippen molar-refractivity contribution in [3.05, 3.63) is 29.8 Å². The molecule has 0 aliphatic rings. The minimum absolute atomic E-state index is 0. The molecule has 1 aromatic carbocycles. The predicted octanol–water partition coefficient (Wildman–Crippen LogP) is 3.54. The maximum Gasteiger partial charge on any atom is 0.190 e. The second kappa shape index (κ2) is 12.6. The van der Waals surface area contributed by atoms with E-state index in [9.17, 15) is 5.11 Å². The van der Waals surface area contributed by atoms with Crippen LogP contribution in [0.25, 0.3) is 0 Å². The summed E-state index contributed by atoms with van der Waals surface area (Å²) in [5.74, 6) is 1.96. The second-order valence-corrected chi connectivity index (χ2v) is 5.73. The fourth-order valence-corrected chi connectivity index (χ4v) is 2.10. The molecule has 0 amide bonds. The lowest BCUT2D eigenvalue weighted by Crippen LogP contribution is -2.38. The zero-order valence-corrected chi connectivity index (χ0v) is 16.3. The van der Waals surface area contributed by atoms with Crippen molar-refractivity contribution in [2.24, 2.45) is 10.9 Å². The van der Waals surface area contributed by atoms with E-state index in [-0.39, 0.29) is 24.0 Å². The SMILES string of the molecule is CN=C(NCCCc1ccc(O)cc1)NCCCC(C)C.I. The van der Waals surface area contributed by atoms with Gasteiger partial charge in [0.15, 0.2) is 5.96 Å². The van der Waals surface area contributed by atoms with Gasteiger partial charge in [0.1, 0.15) is 5.75 Å². The second-order valence-electron chi connectivity index (χ2n) is 5.73. The van der Waals surface area contributed by atoms with Crippen molar-refractivity contribution in [1.82, 2.24) is 10.6 Å². The summed E-state index contributed by atoms with van der Waals surface area (Å²) < 4.78 is 0. The van der Waals surface area contributed by atoms with Crippen LogP contribution in [0.1, 0.15) is 38.7 Å². The molecule has 0 aliphatic heterocycles. The maximum absolute atomic E-state index is 9.23. The summed E-state index contributed by atoms with van der Waals surface area (Å²) in [6.45, 7) is 6.35. The van der Waals surface area contributed by atoms with Gasteiger partial charge in [0.05, 0.1) is 0 Å². The number of halogens is 1. The van der Waals surface area contributed by atoms with Crippen molar-refractivity contribution >= 4 is 29.9 Å². The third kappa shape index (κ3) is 9.87. The van der Waals surface area contributed by atoms with Crippen molar-refractivity contribution in [3.8, 4) is 5.75 Å². The van der Waals surface area contributed by atoms with E-state index < -0.39 is 0 Å². The molecule has 0 saturated carbocycles. The monoisotopic (exact) mass is 419 g/mol. The van der Waals surface area contributed by atoms with Gasteiger partial charge in [-0.3, -0.25) is 4.99 Å². The molecule has 0 spiro atoms. The van der Waals surface area contributed by atoms with Gasteiger partial charge in [0, 0.05) is 20.1 Å². The molecule has 0 heterocycles. The first-order valence-electron chi connectivity index (χ1n) is 7.84. The standard InChI is InChI=1S/C17H29N3O.HI/c1-14(2)6-4-12-19-17(18-3)20-13-5-7-15-8-10-16(21)11-9-15;/h8-11,14,21H,4-7,12-13H2,1-3H3,(H2,18,19,20);1H. The van der Waals surface area contributed by atoms with Crippen LogP contribution in [0, 0.1) is 5.92 Å². The highest BCUT2D eigenvalue weighted by atomic mass is 127. The summed E-state index contributed by atoms with van der Waals surface area (Å²) in [6, 6.07) is 7.40. The van der Waals surface area contributed by atoms with Crippen LogP contribution in [-0.4, -0.2) is 31.2 Å². The van der Waals surface area contributed by atoms with Crippen molar-refractivity contribution < 1.29 is 5.11 Å². The summed E-state index contributed by atoms with van der Waals surface area (Å²) in [5.41, 5.74) is 1.24. The molecule has 22 heavy (non-hydrogen) atoms. The lowest BCUT2D eigenvalue weighted by molar-refractivity contribution is 0.475. The highest BCUT2D eigenvalue weighted by molar-refractivity contribution is 14.0. The quantitative estimate of drug-likeness (QED) is 0.262. The minimum atomic E-state index is 0. The first-order valence-corrected chi connectivity index (χ1v) is 7.84. The third-order valence-electron chi connectivity index (χ3n) is 3.35. The highest BCUT2D eigenvalue weighted by Crippen LogP contribution is 2.10. The van der Waals surface area contributed by atoms with E-state index in [1.165, 1.54) is 18.4 Å². The Bertz CT molecular complexity index is 418. The number of aromatic hydroxyl groups is 1. The van der Waals surface area contributed by atoms with Crippen molar-refractivity contribution in [2.45, 2.75) is 39.5 Å². The van der Waals surface area contributed by atoms with Gasteiger partial charge < -0.3 is 15.7 Å². The van der Waals surface area contributed by atoms with Crippen molar-refractivity contribution in [2.75, 3.05) is 20.1 Å².